The maximum atomic E-state index is 11.3. The zero-order chi connectivity index (χ0) is 15.4. The van der Waals surface area contributed by atoms with Crippen LogP contribution in [0.2, 0.25) is 0 Å². The molecule has 7 heteroatoms. The molecule has 0 bridgehead atoms. The highest BCUT2D eigenvalue weighted by Gasteiger charge is 2.34. The van der Waals surface area contributed by atoms with Crippen molar-refractivity contribution in [3.63, 3.8) is 0 Å². The van der Waals surface area contributed by atoms with Crippen LogP contribution in [0.1, 0.15) is 35.1 Å². The van der Waals surface area contributed by atoms with Crippen molar-refractivity contribution in [3.8, 4) is 0 Å². The normalized spacial score (nSPS) is 16.0. The van der Waals surface area contributed by atoms with Gasteiger partial charge in [-0.25, -0.2) is 9.78 Å². The molecule has 1 aromatic heterocycles. The average Bonchev–Trinajstić information content (AvgIpc) is 3.21. The third kappa shape index (κ3) is 3.93. The lowest BCUT2D eigenvalue weighted by molar-refractivity contribution is 0.0697. The number of thiazole rings is 1. The Kier molecular flexibility index (Phi) is 5.55. The van der Waals surface area contributed by atoms with E-state index in [0.29, 0.717) is 30.8 Å². The number of carbonyl (C=O) groups is 1. The first kappa shape index (κ1) is 16.2. The Morgan fingerprint density at radius 3 is 2.71 bits per heavy atom. The molecule has 0 radical (unpaired) electrons. The topological polar surface area (TPSA) is 71.9 Å². The molecule has 21 heavy (non-hydrogen) atoms. The van der Waals surface area contributed by atoms with Crippen molar-refractivity contribution in [2.75, 3.05) is 32.3 Å². The molecular formula is C14H22N2O4S. The Balaban J connectivity index is 2.25. The van der Waals surface area contributed by atoms with Gasteiger partial charge in [-0.2, -0.15) is 0 Å². The number of ether oxygens (including phenoxy) is 2. The van der Waals surface area contributed by atoms with E-state index in [9.17, 15) is 9.90 Å². The van der Waals surface area contributed by atoms with E-state index in [4.69, 9.17) is 9.47 Å². The molecule has 1 atom stereocenters. The van der Waals surface area contributed by atoms with Crippen molar-refractivity contribution in [1.82, 2.24) is 4.98 Å². The number of carboxylic acids is 1. The fourth-order valence-electron chi connectivity index (χ4n) is 2.36. The van der Waals surface area contributed by atoms with Gasteiger partial charge in [0.2, 0.25) is 0 Å². The number of nitrogens with zero attached hydrogens (tertiary/aromatic N) is 2. The molecule has 0 amide bonds. The van der Waals surface area contributed by atoms with Crippen LogP contribution in [-0.2, 0) is 16.1 Å². The van der Waals surface area contributed by atoms with Crippen molar-refractivity contribution < 1.29 is 19.4 Å². The van der Waals surface area contributed by atoms with Gasteiger partial charge in [0.1, 0.15) is 4.88 Å². The first-order chi connectivity index (χ1) is 10.1. The van der Waals surface area contributed by atoms with Crippen LogP contribution in [0.3, 0.4) is 0 Å². The zero-order valence-electron chi connectivity index (χ0n) is 12.7. The van der Waals surface area contributed by atoms with E-state index in [0.717, 1.165) is 5.13 Å². The third-order valence-electron chi connectivity index (χ3n) is 3.74. The van der Waals surface area contributed by atoms with Crippen molar-refractivity contribution in [3.05, 3.63) is 10.6 Å². The molecule has 1 aromatic rings. The molecule has 6 nitrogen and oxygen atoms in total. The van der Waals surface area contributed by atoms with E-state index in [1.165, 1.54) is 24.2 Å². The standard InChI is InChI=1S/C14H22N2O4S/c1-9(10-4-5-10)16(6-7-19-2)14-15-11(8-20-3)12(21-14)13(17)18/h9-10H,4-8H2,1-3H3,(H,17,18). The van der Waals surface area contributed by atoms with Crippen molar-refractivity contribution in [2.24, 2.45) is 5.92 Å². The lowest BCUT2D eigenvalue weighted by Gasteiger charge is -2.28. The second-order valence-corrected chi connectivity index (χ2v) is 6.25. The minimum absolute atomic E-state index is 0.216. The molecule has 1 aliphatic rings. The molecular weight excluding hydrogens is 292 g/mol. The molecule has 1 unspecified atom stereocenters. The predicted molar refractivity (Wildman–Crippen MR) is 81.2 cm³/mol. The fourth-order valence-corrected chi connectivity index (χ4v) is 3.38. The molecule has 0 aromatic carbocycles. The molecule has 2 rings (SSSR count). The van der Waals surface area contributed by atoms with Crippen LogP contribution in [0.15, 0.2) is 0 Å². The highest BCUT2D eigenvalue weighted by Crippen LogP contribution is 2.38. The van der Waals surface area contributed by atoms with Gasteiger partial charge in [0.05, 0.1) is 18.9 Å². The number of anilines is 1. The smallest absolute Gasteiger partial charge is 0.347 e. The van der Waals surface area contributed by atoms with Crippen LogP contribution >= 0.6 is 11.3 Å². The summed E-state index contributed by atoms with van der Waals surface area (Å²) in [5, 5.41) is 10.0. The fraction of sp³-hybridized carbons (Fsp3) is 0.714. The number of carboxylic acid groups (broad SMARTS) is 1. The summed E-state index contributed by atoms with van der Waals surface area (Å²) in [5.41, 5.74) is 0.496. The number of hydrogen-bond acceptors (Lipinski definition) is 6. The highest BCUT2D eigenvalue weighted by atomic mass is 32.1. The van der Waals surface area contributed by atoms with Crippen LogP contribution in [0.4, 0.5) is 5.13 Å². The summed E-state index contributed by atoms with van der Waals surface area (Å²) in [7, 11) is 3.21. The van der Waals surface area contributed by atoms with Crippen molar-refractivity contribution in [1.29, 1.82) is 0 Å². The van der Waals surface area contributed by atoms with E-state index < -0.39 is 5.97 Å². The molecule has 1 heterocycles. The lowest BCUT2D eigenvalue weighted by Crippen LogP contribution is -2.37. The largest absolute Gasteiger partial charge is 0.477 e. The van der Waals surface area contributed by atoms with E-state index in [-0.39, 0.29) is 11.5 Å². The second-order valence-electron chi connectivity index (χ2n) is 5.27. The SMILES string of the molecule is COCCN(c1nc(COC)c(C(=O)O)s1)C(C)C1CC1. The predicted octanol–water partition coefficient (Wildman–Crippen LogP) is 2.24. The quantitative estimate of drug-likeness (QED) is 0.753. The molecule has 1 saturated carbocycles. The maximum absolute atomic E-state index is 11.3. The van der Waals surface area contributed by atoms with E-state index in [1.807, 2.05) is 0 Å². The van der Waals surface area contributed by atoms with Crippen LogP contribution in [0, 0.1) is 5.92 Å². The van der Waals surface area contributed by atoms with Gasteiger partial charge in [-0.15, -0.1) is 0 Å². The van der Waals surface area contributed by atoms with Gasteiger partial charge in [-0.3, -0.25) is 0 Å². The monoisotopic (exact) mass is 314 g/mol. The molecule has 0 aliphatic heterocycles. The number of hydrogen-bond donors (Lipinski definition) is 1. The second kappa shape index (κ2) is 7.20. The van der Waals surface area contributed by atoms with E-state index in [2.05, 4.69) is 16.8 Å². The van der Waals surface area contributed by atoms with Crippen molar-refractivity contribution >= 4 is 22.4 Å². The summed E-state index contributed by atoms with van der Waals surface area (Å²) >= 11 is 1.22. The minimum Gasteiger partial charge on any atom is -0.477 e. The van der Waals surface area contributed by atoms with Gasteiger partial charge < -0.3 is 19.5 Å². The van der Waals surface area contributed by atoms with Crippen LogP contribution in [-0.4, -0.2) is 49.5 Å². The van der Waals surface area contributed by atoms with Crippen LogP contribution in [0.5, 0.6) is 0 Å². The summed E-state index contributed by atoms with van der Waals surface area (Å²) in [4.78, 5) is 18.2. The summed E-state index contributed by atoms with van der Waals surface area (Å²) in [6, 6.07) is 0.350. The Bertz CT molecular complexity index is 487. The molecule has 118 valence electrons. The number of aromatic nitrogens is 1. The zero-order valence-corrected chi connectivity index (χ0v) is 13.5. The van der Waals surface area contributed by atoms with E-state index >= 15 is 0 Å². The lowest BCUT2D eigenvalue weighted by atomic mass is 10.2. The summed E-state index contributed by atoms with van der Waals surface area (Å²) in [6.07, 6.45) is 2.46. The first-order valence-corrected chi connectivity index (χ1v) is 7.87. The van der Waals surface area contributed by atoms with Crippen LogP contribution < -0.4 is 4.90 Å². The number of rotatable bonds is 9. The van der Waals surface area contributed by atoms with E-state index in [1.54, 1.807) is 14.2 Å². The van der Waals surface area contributed by atoms with Gasteiger partial charge in [-0.05, 0) is 25.7 Å². The Morgan fingerprint density at radius 1 is 1.48 bits per heavy atom. The van der Waals surface area contributed by atoms with Gasteiger partial charge in [-0.1, -0.05) is 11.3 Å². The Labute approximate surface area is 128 Å². The Hall–Kier alpha value is -1.18. The maximum Gasteiger partial charge on any atom is 0.347 e. The first-order valence-electron chi connectivity index (χ1n) is 7.06. The minimum atomic E-state index is -0.948. The highest BCUT2D eigenvalue weighted by molar-refractivity contribution is 7.17. The molecule has 1 N–H and O–H groups in total. The van der Waals surface area contributed by atoms with Crippen molar-refractivity contribution in [2.45, 2.75) is 32.4 Å². The molecule has 0 saturated heterocycles. The van der Waals surface area contributed by atoms with Gasteiger partial charge in [0.15, 0.2) is 5.13 Å². The summed E-state index contributed by atoms with van der Waals surface area (Å²) < 4.78 is 10.2. The number of aromatic carboxylic acids is 1. The molecule has 1 fully saturated rings. The molecule has 1 aliphatic carbocycles. The average molecular weight is 314 g/mol. The summed E-state index contributed by atoms with van der Waals surface area (Å²) in [6.45, 7) is 3.70. The number of methoxy groups -OCH3 is 2. The van der Waals surface area contributed by atoms with Gasteiger partial charge in [0, 0.05) is 26.8 Å². The Morgan fingerprint density at radius 2 is 2.19 bits per heavy atom. The molecule has 0 spiro atoms. The summed E-state index contributed by atoms with van der Waals surface area (Å²) in [5.74, 6) is -0.276. The van der Waals surface area contributed by atoms with Gasteiger partial charge >= 0.3 is 5.97 Å². The van der Waals surface area contributed by atoms with Crippen LogP contribution in [0.25, 0.3) is 0 Å². The van der Waals surface area contributed by atoms with Gasteiger partial charge in [0.25, 0.3) is 0 Å². The third-order valence-corrected chi connectivity index (χ3v) is 4.86.